The molecule has 0 saturated heterocycles. The Balaban J connectivity index is 1.50. The second-order valence-corrected chi connectivity index (χ2v) is 6.55. The van der Waals surface area contributed by atoms with Crippen molar-refractivity contribution >= 4 is 11.9 Å². The van der Waals surface area contributed by atoms with Crippen molar-refractivity contribution in [2.24, 2.45) is 5.16 Å². The quantitative estimate of drug-likeness (QED) is 0.329. The molecule has 0 amide bonds. The van der Waals surface area contributed by atoms with Gasteiger partial charge in [-0.1, -0.05) is 47.6 Å². The van der Waals surface area contributed by atoms with Crippen LogP contribution >= 0.6 is 0 Å². The first-order chi connectivity index (χ1) is 14.6. The Bertz CT molecular complexity index is 1090. The number of hydrogen-bond acceptors (Lipinski definition) is 6. The summed E-state index contributed by atoms with van der Waals surface area (Å²) in [5.41, 5.74) is 2.10. The number of fused-ring (bicyclic) bond motifs is 1. The van der Waals surface area contributed by atoms with Gasteiger partial charge in [0.15, 0.2) is 0 Å². The minimum absolute atomic E-state index is 0.0707. The summed E-state index contributed by atoms with van der Waals surface area (Å²) in [5, 5.41) is 14.9. The van der Waals surface area contributed by atoms with Gasteiger partial charge < -0.3 is 14.3 Å². The molecule has 4 rings (SSSR count). The number of ether oxygens (including phenoxy) is 2. The third-order valence-electron chi connectivity index (χ3n) is 4.51. The first kappa shape index (κ1) is 19.5. The maximum Gasteiger partial charge on any atom is 0.278 e. The summed E-state index contributed by atoms with van der Waals surface area (Å²) in [5.74, 6) is 0.0396. The number of nitro benzene ring substituents is 1. The van der Waals surface area contributed by atoms with E-state index in [4.69, 9.17) is 14.3 Å². The lowest BCUT2D eigenvalue weighted by Gasteiger charge is -2.28. The molecule has 7 nitrogen and oxygen atoms in total. The van der Waals surface area contributed by atoms with Crippen LogP contribution in [0, 0.1) is 15.9 Å². The van der Waals surface area contributed by atoms with Crippen LogP contribution in [-0.4, -0.2) is 11.1 Å². The normalized spacial score (nSPS) is 15.4. The molecule has 0 unspecified atom stereocenters. The largest absolute Gasteiger partial charge is 0.460 e. The molecule has 0 saturated carbocycles. The molecule has 0 bridgehead atoms. The fourth-order valence-electron chi connectivity index (χ4n) is 3.12. The first-order valence-electron chi connectivity index (χ1n) is 9.15. The Hall–Kier alpha value is -3.78. The van der Waals surface area contributed by atoms with Crippen LogP contribution in [0.25, 0.3) is 0 Å². The number of para-hydroxylation sites is 1. The molecule has 1 atom stereocenters. The zero-order valence-electron chi connectivity index (χ0n) is 15.7. The van der Waals surface area contributed by atoms with E-state index in [0.29, 0.717) is 22.4 Å². The van der Waals surface area contributed by atoms with Crippen molar-refractivity contribution in [3.05, 3.63) is 105 Å². The monoisotopic (exact) mass is 408 g/mol. The lowest BCUT2D eigenvalue weighted by molar-refractivity contribution is -0.385. The van der Waals surface area contributed by atoms with Gasteiger partial charge in [0.25, 0.3) is 5.69 Å². The summed E-state index contributed by atoms with van der Waals surface area (Å²) in [6, 6.07) is 18.2. The summed E-state index contributed by atoms with van der Waals surface area (Å²) in [7, 11) is 0. The molecular weight excluding hydrogens is 391 g/mol. The van der Waals surface area contributed by atoms with Crippen molar-refractivity contribution in [2.75, 3.05) is 0 Å². The molecule has 0 N–H and O–H groups in total. The third kappa shape index (κ3) is 4.28. The zero-order chi connectivity index (χ0) is 20.9. The Morgan fingerprint density at radius 1 is 1.17 bits per heavy atom. The van der Waals surface area contributed by atoms with Crippen LogP contribution in [0.3, 0.4) is 0 Å². The summed E-state index contributed by atoms with van der Waals surface area (Å²) < 4.78 is 25.7. The summed E-state index contributed by atoms with van der Waals surface area (Å²) in [6.45, 7) is 0.123. The summed E-state index contributed by atoms with van der Waals surface area (Å²) in [4.78, 5) is 15.8. The fraction of sp³-hybridized carbons (Fsp3) is 0.136. The van der Waals surface area contributed by atoms with Crippen molar-refractivity contribution < 1.29 is 23.6 Å². The van der Waals surface area contributed by atoms with Crippen LogP contribution in [0.5, 0.6) is 5.75 Å². The first-order valence-corrected chi connectivity index (χ1v) is 9.15. The number of hydrogen-bond donors (Lipinski definition) is 0. The van der Waals surface area contributed by atoms with Crippen LogP contribution in [0.1, 0.15) is 28.5 Å². The van der Waals surface area contributed by atoms with E-state index in [9.17, 15) is 14.5 Å². The van der Waals surface area contributed by atoms with Crippen LogP contribution in [0.2, 0.25) is 0 Å². The Morgan fingerprint density at radius 2 is 1.93 bits per heavy atom. The number of nitrogens with zero attached hydrogens (tertiary/aromatic N) is 2. The molecule has 0 aromatic heterocycles. The summed E-state index contributed by atoms with van der Waals surface area (Å²) in [6.07, 6.45) is 0.638. The Kier molecular flexibility index (Phi) is 5.67. The molecule has 1 aliphatic heterocycles. The average molecular weight is 408 g/mol. The van der Waals surface area contributed by atoms with Crippen LogP contribution in [-0.2, 0) is 22.8 Å². The lowest BCUT2D eigenvalue weighted by Crippen LogP contribution is -2.19. The predicted octanol–water partition coefficient (Wildman–Crippen LogP) is 4.89. The number of benzene rings is 3. The van der Waals surface area contributed by atoms with Gasteiger partial charge in [0.1, 0.15) is 18.2 Å². The van der Waals surface area contributed by atoms with Gasteiger partial charge in [-0.3, -0.25) is 10.1 Å². The van der Waals surface area contributed by atoms with Crippen molar-refractivity contribution in [3.63, 3.8) is 0 Å². The van der Waals surface area contributed by atoms with Gasteiger partial charge >= 0.3 is 0 Å². The van der Waals surface area contributed by atoms with Gasteiger partial charge in [-0.05, 0) is 18.2 Å². The predicted molar refractivity (Wildman–Crippen MR) is 106 cm³/mol. The van der Waals surface area contributed by atoms with Gasteiger partial charge in [0, 0.05) is 22.8 Å². The van der Waals surface area contributed by atoms with E-state index in [-0.39, 0.29) is 18.9 Å². The molecular formula is C22H17FN2O5. The molecule has 3 aromatic rings. The average Bonchev–Trinajstić information content (AvgIpc) is 2.77. The number of rotatable bonds is 6. The maximum atomic E-state index is 14.0. The topological polar surface area (TPSA) is 83.2 Å². The van der Waals surface area contributed by atoms with Crippen molar-refractivity contribution in [1.29, 1.82) is 0 Å². The van der Waals surface area contributed by atoms with Crippen molar-refractivity contribution in [1.82, 2.24) is 0 Å². The highest BCUT2D eigenvalue weighted by molar-refractivity contribution is 5.84. The molecule has 0 aliphatic carbocycles. The smallest absolute Gasteiger partial charge is 0.278 e. The highest BCUT2D eigenvalue weighted by atomic mass is 19.1. The van der Waals surface area contributed by atoms with Crippen molar-refractivity contribution in [2.45, 2.75) is 19.5 Å². The highest BCUT2D eigenvalue weighted by Gasteiger charge is 2.25. The number of nitro groups is 1. The SMILES string of the molecule is O=[N+]([O-])c1ccccc1/C=N\OCc1cc(F)cc2c1O[C@@H](c1ccccc1)OC2. The zero-order valence-corrected chi connectivity index (χ0v) is 15.7. The molecule has 3 aromatic carbocycles. The number of oxime groups is 1. The second-order valence-electron chi connectivity index (χ2n) is 6.55. The van der Waals surface area contributed by atoms with E-state index in [1.54, 1.807) is 18.2 Å². The van der Waals surface area contributed by atoms with Gasteiger partial charge in [0.2, 0.25) is 6.29 Å². The Morgan fingerprint density at radius 3 is 2.73 bits per heavy atom. The van der Waals surface area contributed by atoms with Crippen LogP contribution in [0.4, 0.5) is 10.1 Å². The molecule has 8 heteroatoms. The van der Waals surface area contributed by atoms with E-state index in [1.807, 2.05) is 30.3 Å². The third-order valence-corrected chi connectivity index (χ3v) is 4.51. The highest BCUT2D eigenvalue weighted by Crippen LogP contribution is 2.36. The standard InChI is InChI=1S/C22H17FN2O5/c23-19-10-17-13-28-22(15-6-2-1-3-7-15)30-21(17)18(11-19)14-29-24-12-16-8-4-5-9-20(16)25(26)27/h1-12,22H,13-14H2/b24-12-/t22-/m0/s1. The molecule has 1 aliphatic rings. The van der Waals surface area contributed by atoms with Gasteiger partial charge in [-0.15, -0.1) is 0 Å². The molecule has 152 valence electrons. The van der Waals surface area contributed by atoms with Gasteiger partial charge in [0.05, 0.1) is 23.3 Å². The molecule has 0 fully saturated rings. The van der Waals surface area contributed by atoms with E-state index in [1.165, 1.54) is 24.4 Å². The van der Waals surface area contributed by atoms with E-state index in [0.717, 1.165) is 5.56 Å². The van der Waals surface area contributed by atoms with E-state index in [2.05, 4.69) is 5.16 Å². The Labute approximate surface area is 171 Å². The summed E-state index contributed by atoms with van der Waals surface area (Å²) >= 11 is 0. The van der Waals surface area contributed by atoms with Gasteiger partial charge in [-0.25, -0.2) is 4.39 Å². The van der Waals surface area contributed by atoms with Crippen LogP contribution < -0.4 is 4.74 Å². The second kappa shape index (κ2) is 8.71. The fourth-order valence-corrected chi connectivity index (χ4v) is 3.12. The minimum Gasteiger partial charge on any atom is -0.460 e. The molecule has 30 heavy (non-hydrogen) atoms. The van der Waals surface area contributed by atoms with Crippen molar-refractivity contribution in [3.8, 4) is 5.75 Å². The maximum absolute atomic E-state index is 14.0. The van der Waals surface area contributed by atoms with E-state index >= 15 is 0 Å². The molecule has 1 heterocycles. The van der Waals surface area contributed by atoms with Gasteiger partial charge in [-0.2, -0.15) is 0 Å². The molecule has 0 radical (unpaired) electrons. The lowest BCUT2D eigenvalue weighted by atomic mass is 10.1. The minimum atomic E-state index is -0.613. The molecule has 0 spiro atoms. The van der Waals surface area contributed by atoms with E-state index < -0.39 is 17.0 Å². The van der Waals surface area contributed by atoms with Crippen LogP contribution in [0.15, 0.2) is 71.9 Å². The number of halogens is 1.